The summed E-state index contributed by atoms with van der Waals surface area (Å²) in [7, 11) is 0. The van der Waals surface area contributed by atoms with Gasteiger partial charge in [-0.25, -0.2) is 0 Å². The fourth-order valence-corrected chi connectivity index (χ4v) is 4.24. The summed E-state index contributed by atoms with van der Waals surface area (Å²) in [5.41, 5.74) is 3.83. The number of hydrogen-bond donors (Lipinski definition) is 0. The number of pyridine rings is 1. The second-order valence-electron chi connectivity index (χ2n) is 7.70. The van der Waals surface area contributed by atoms with E-state index >= 15 is 0 Å². The minimum atomic E-state index is 0.157. The Bertz CT molecular complexity index is 680. The monoisotopic (exact) mass is 339 g/mol. The van der Waals surface area contributed by atoms with Gasteiger partial charge in [0.1, 0.15) is 0 Å². The maximum atomic E-state index is 4.97. The van der Waals surface area contributed by atoms with E-state index in [4.69, 9.17) is 4.99 Å². The third-order valence-electron chi connectivity index (χ3n) is 6.14. The minimum absolute atomic E-state index is 0.157. The average molecular weight is 339 g/mol. The van der Waals surface area contributed by atoms with Crippen LogP contribution in [0.15, 0.2) is 35.0 Å². The van der Waals surface area contributed by atoms with Crippen LogP contribution in [-0.4, -0.2) is 72.0 Å². The largest absolute Gasteiger partial charge is 0.356 e. The van der Waals surface area contributed by atoms with Crippen LogP contribution in [0.2, 0.25) is 0 Å². The van der Waals surface area contributed by atoms with Crippen LogP contribution in [0.1, 0.15) is 26.0 Å². The van der Waals surface area contributed by atoms with Gasteiger partial charge in [0.2, 0.25) is 0 Å². The van der Waals surface area contributed by atoms with E-state index < -0.39 is 0 Å². The quantitative estimate of drug-likeness (QED) is 0.843. The molecule has 2 fully saturated rings. The molecule has 25 heavy (non-hydrogen) atoms. The van der Waals surface area contributed by atoms with Crippen molar-refractivity contribution in [2.24, 2.45) is 4.99 Å². The standard InChI is InChI=1S/C20H29N5/c1-4-24-14-20(17(24)3)8-7-18(11-22-20)13-23-9-10-25(15-23)19-6-5-16(2)21-12-19/h5-7,11-12,17H,4,8-10,13-15H2,1-3H3. The van der Waals surface area contributed by atoms with Gasteiger partial charge in [-0.15, -0.1) is 0 Å². The van der Waals surface area contributed by atoms with Crippen LogP contribution < -0.4 is 4.90 Å². The van der Waals surface area contributed by atoms with Crippen LogP contribution in [0.5, 0.6) is 0 Å². The number of aliphatic imine (C=N–C) groups is 1. The van der Waals surface area contributed by atoms with E-state index in [-0.39, 0.29) is 5.54 Å². The van der Waals surface area contributed by atoms with Crippen molar-refractivity contribution in [3.63, 3.8) is 0 Å². The first-order chi connectivity index (χ1) is 12.1. The number of dihydropyridines is 1. The second kappa shape index (κ2) is 6.54. The number of aryl methyl sites for hydroxylation is 1. The second-order valence-corrected chi connectivity index (χ2v) is 7.70. The van der Waals surface area contributed by atoms with E-state index in [1.165, 1.54) is 11.3 Å². The Morgan fingerprint density at radius 1 is 1.28 bits per heavy atom. The van der Waals surface area contributed by atoms with Gasteiger partial charge in [0.15, 0.2) is 0 Å². The molecule has 3 aliphatic rings. The number of likely N-dealkylation sites (N-methyl/N-ethyl adjacent to an activating group) is 1. The van der Waals surface area contributed by atoms with E-state index in [1.807, 2.05) is 13.1 Å². The van der Waals surface area contributed by atoms with Crippen molar-refractivity contribution in [2.45, 2.75) is 38.8 Å². The molecule has 5 nitrogen and oxygen atoms in total. The summed E-state index contributed by atoms with van der Waals surface area (Å²) >= 11 is 0. The van der Waals surface area contributed by atoms with Crippen molar-refractivity contribution < 1.29 is 0 Å². The highest BCUT2D eigenvalue weighted by Gasteiger charge is 2.48. The third-order valence-corrected chi connectivity index (χ3v) is 6.14. The lowest BCUT2D eigenvalue weighted by molar-refractivity contribution is 0.00918. The Hall–Kier alpha value is -1.72. The van der Waals surface area contributed by atoms with Crippen LogP contribution in [0, 0.1) is 6.92 Å². The number of likely N-dealkylation sites (tertiary alicyclic amines) is 1. The van der Waals surface area contributed by atoms with Gasteiger partial charge in [0, 0.05) is 44.1 Å². The van der Waals surface area contributed by atoms with E-state index in [9.17, 15) is 0 Å². The highest BCUT2D eigenvalue weighted by Crippen LogP contribution is 2.38. The summed E-state index contributed by atoms with van der Waals surface area (Å²) in [6, 6.07) is 4.84. The van der Waals surface area contributed by atoms with E-state index in [2.05, 4.69) is 58.0 Å². The Kier molecular flexibility index (Phi) is 4.38. The van der Waals surface area contributed by atoms with E-state index in [0.717, 1.165) is 51.5 Å². The highest BCUT2D eigenvalue weighted by molar-refractivity contribution is 5.81. The fraction of sp³-hybridized carbons (Fsp3) is 0.600. The van der Waals surface area contributed by atoms with Gasteiger partial charge in [-0.05, 0) is 44.5 Å². The van der Waals surface area contributed by atoms with Gasteiger partial charge in [-0.1, -0.05) is 13.0 Å². The molecule has 4 rings (SSSR count). The highest BCUT2D eigenvalue weighted by atomic mass is 15.4. The molecule has 5 heteroatoms. The molecule has 0 radical (unpaired) electrons. The molecule has 3 aliphatic heterocycles. The van der Waals surface area contributed by atoms with Crippen molar-refractivity contribution in [3.05, 3.63) is 35.7 Å². The van der Waals surface area contributed by atoms with Gasteiger partial charge >= 0.3 is 0 Å². The molecular formula is C20H29N5. The number of rotatable bonds is 4. The Labute approximate surface area is 151 Å². The van der Waals surface area contributed by atoms with Crippen molar-refractivity contribution in [1.29, 1.82) is 0 Å². The fourth-order valence-electron chi connectivity index (χ4n) is 4.24. The van der Waals surface area contributed by atoms with Crippen LogP contribution in [-0.2, 0) is 0 Å². The Morgan fingerprint density at radius 2 is 2.16 bits per heavy atom. The van der Waals surface area contributed by atoms with Crippen LogP contribution >= 0.6 is 0 Å². The smallest absolute Gasteiger partial charge is 0.0920 e. The lowest BCUT2D eigenvalue weighted by Crippen LogP contribution is -2.67. The molecule has 2 atom stereocenters. The molecule has 0 aromatic carbocycles. The first-order valence-corrected chi connectivity index (χ1v) is 9.48. The topological polar surface area (TPSA) is 35.0 Å². The zero-order valence-corrected chi connectivity index (χ0v) is 15.6. The predicted octanol–water partition coefficient (Wildman–Crippen LogP) is 2.33. The predicted molar refractivity (Wildman–Crippen MR) is 103 cm³/mol. The number of anilines is 1. The molecule has 1 aromatic rings. The molecule has 134 valence electrons. The molecule has 2 unspecified atom stereocenters. The molecular weight excluding hydrogens is 310 g/mol. The van der Waals surface area contributed by atoms with Crippen molar-refractivity contribution >= 4 is 11.9 Å². The minimum Gasteiger partial charge on any atom is -0.356 e. The number of aromatic nitrogens is 1. The van der Waals surface area contributed by atoms with E-state index in [0.29, 0.717) is 6.04 Å². The van der Waals surface area contributed by atoms with Crippen LogP contribution in [0.3, 0.4) is 0 Å². The first-order valence-electron chi connectivity index (χ1n) is 9.48. The molecule has 4 heterocycles. The van der Waals surface area contributed by atoms with Gasteiger partial charge < -0.3 is 4.90 Å². The zero-order chi connectivity index (χ0) is 17.4. The van der Waals surface area contributed by atoms with Gasteiger partial charge in [-0.3, -0.25) is 19.8 Å². The molecule has 2 saturated heterocycles. The zero-order valence-electron chi connectivity index (χ0n) is 15.6. The summed E-state index contributed by atoms with van der Waals surface area (Å²) in [4.78, 5) is 16.8. The summed E-state index contributed by atoms with van der Waals surface area (Å²) in [5.74, 6) is 0. The van der Waals surface area contributed by atoms with Gasteiger partial charge in [0.05, 0.1) is 24.1 Å². The molecule has 0 aliphatic carbocycles. The SMILES string of the molecule is CCN1CC2(CC=C(CN3CCN(c4ccc(C)nc4)C3)C=N2)C1C. The summed E-state index contributed by atoms with van der Waals surface area (Å²) in [6.45, 7) is 13.0. The first kappa shape index (κ1) is 16.7. The molecule has 0 saturated carbocycles. The average Bonchev–Trinajstić information content (AvgIpc) is 3.09. The van der Waals surface area contributed by atoms with Crippen LogP contribution in [0.4, 0.5) is 5.69 Å². The molecule has 0 bridgehead atoms. The van der Waals surface area contributed by atoms with Crippen molar-refractivity contribution in [1.82, 2.24) is 14.8 Å². The molecule has 0 amide bonds. The summed E-state index contributed by atoms with van der Waals surface area (Å²) in [6.07, 6.45) is 7.65. The summed E-state index contributed by atoms with van der Waals surface area (Å²) < 4.78 is 0. The third kappa shape index (κ3) is 3.11. The lowest BCUT2D eigenvalue weighted by atomic mass is 9.77. The van der Waals surface area contributed by atoms with Gasteiger partial charge in [0.25, 0.3) is 0 Å². The van der Waals surface area contributed by atoms with E-state index in [1.54, 1.807) is 0 Å². The lowest BCUT2D eigenvalue weighted by Gasteiger charge is -2.54. The molecule has 1 aromatic heterocycles. The van der Waals surface area contributed by atoms with Gasteiger partial charge in [-0.2, -0.15) is 0 Å². The maximum Gasteiger partial charge on any atom is 0.0920 e. The number of hydrogen-bond acceptors (Lipinski definition) is 5. The number of nitrogens with zero attached hydrogens (tertiary/aromatic N) is 5. The summed E-state index contributed by atoms with van der Waals surface area (Å²) in [5, 5.41) is 0. The normalized spacial score (nSPS) is 30.0. The molecule has 1 spiro atoms. The Balaban J connectivity index is 1.32. The van der Waals surface area contributed by atoms with Crippen LogP contribution in [0.25, 0.3) is 0 Å². The van der Waals surface area contributed by atoms with Crippen molar-refractivity contribution in [3.8, 4) is 0 Å². The van der Waals surface area contributed by atoms with Crippen molar-refractivity contribution in [2.75, 3.05) is 44.3 Å². The molecule has 0 N–H and O–H groups in total. The maximum absolute atomic E-state index is 4.97. The Morgan fingerprint density at radius 3 is 2.80 bits per heavy atom.